The third-order valence-corrected chi connectivity index (χ3v) is 2.46. The number of rotatable bonds is 4. The summed E-state index contributed by atoms with van der Waals surface area (Å²) >= 11 is 0. The van der Waals surface area contributed by atoms with E-state index in [1.165, 1.54) is 0 Å². The summed E-state index contributed by atoms with van der Waals surface area (Å²) in [5.41, 5.74) is 7.33. The number of hydrogen-bond donors (Lipinski definition) is 2. The monoisotopic (exact) mass is 210 g/mol. The van der Waals surface area contributed by atoms with Gasteiger partial charge in [-0.05, 0) is 25.0 Å². The molecule has 0 aromatic carbocycles. The average molecular weight is 210 g/mol. The maximum absolute atomic E-state index is 10.0. The minimum atomic E-state index is -0.715. The molecule has 2 unspecified atom stereocenters. The molecule has 0 bridgehead atoms. The quantitative estimate of drug-likeness (QED) is 0.788. The Balaban J connectivity index is 2.98. The Hall–Kier alpha value is -1.13. The molecule has 1 aromatic rings. The van der Waals surface area contributed by atoms with Crippen LogP contribution in [0.4, 0.5) is 5.82 Å². The second-order valence-corrected chi connectivity index (χ2v) is 3.61. The number of aliphatic hydroxyl groups excluding tert-OH is 1. The van der Waals surface area contributed by atoms with Crippen LogP contribution in [0.3, 0.4) is 0 Å². The SMILES string of the molecule is CCC(OC)C(O)c1cc(C)cnc1N. The number of aromatic nitrogens is 1. The highest BCUT2D eigenvalue weighted by molar-refractivity contribution is 5.42. The van der Waals surface area contributed by atoms with Crippen molar-refractivity contribution in [3.63, 3.8) is 0 Å². The van der Waals surface area contributed by atoms with E-state index in [-0.39, 0.29) is 6.10 Å². The standard InChI is InChI=1S/C11H18N2O2/c1-4-9(15-3)10(14)8-5-7(2)6-13-11(8)12/h5-6,9-10,14H,4H2,1-3H3,(H2,12,13). The molecule has 0 aliphatic carbocycles. The highest BCUT2D eigenvalue weighted by Gasteiger charge is 2.21. The molecule has 1 aromatic heterocycles. The summed E-state index contributed by atoms with van der Waals surface area (Å²) in [6.45, 7) is 3.87. The second kappa shape index (κ2) is 5.09. The number of pyridine rings is 1. The number of aliphatic hydroxyl groups is 1. The minimum Gasteiger partial charge on any atom is -0.386 e. The van der Waals surface area contributed by atoms with Gasteiger partial charge in [0.25, 0.3) is 0 Å². The number of ether oxygens (including phenoxy) is 1. The van der Waals surface area contributed by atoms with Crippen molar-refractivity contribution in [1.29, 1.82) is 0 Å². The second-order valence-electron chi connectivity index (χ2n) is 3.61. The van der Waals surface area contributed by atoms with Crippen LogP contribution < -0.4 is 5.73 Å². The predicted molar refractivity (Wildman–Crippen MR) is 59.4 cm³/mol. The molecule has 1 heterocycles. The number of nitrogens with zero attached hydrogens (tertiary/aromatic N) is 1. The molecule has 0 saturated carbocycles. The van der Waals surface area contributed by atoms with Crippen LogP contribution in [0.25, 0.3) is 0 Å². The van der Waals surface area contributed by atoms with Crippen LogP contribution in [0.1, 0.15) is 30.6 Å². The third-order valence-electron chi connectivity index (χ3n) is 2.46. The lowest BCUT2D eigenvalue weighted by atomic mass is 10.0. The zero-order chi connectivity index (χ0) is 11.4. The summed E-state index contributed by atoms with van der Waals surface area (Å²) in [6.07, 6.45) is 1.45. The van der Waals surface area contributed by atoms with Gasteiger partial charge in [-0.2, -0.15) is 0 Å². The summed E-state index contributed by atoms with van der Waals surface area (Å²) in [5, 5.41) is 10.0. The number of aryl methyl sites for hydroxylation is 1. The fraction of sp³-hybridized carbons (Fsp3) is 0.545. The first-order chi connectivity index (χ1) is 7.10. The molecule has 15 heavy (non-hydrogen) atoms. The lowest BCUT2D eigenvalue weighted by Gasteiger charge is -2.21. The molecule has 0 aliphatic heterocycles. The van der Waals surface area contributed by atoms with Gasteiger partial charge in [0.05, 0.1) is 6.10 Å². The Morgan fingerprint density at radius 2 is 2.27 bits per heavy atom. The summed E-state index contributed by atoms with van der Waals surface area (Å²) in [7, 11) is 1.58. The Bertz CT molecular complexity index is 324. The molecule has 1 rings (SSSR count). The van der Waals surface area contributed by atoms with Crippen LogP contribution in [0, 0.1) is 6.92 Å². The number of anilines is 1. The fourth-order valence-corrected chi connectivity index (χ4v) is 1.56. The van der Waals surface area contributed by atoms with Crippen molar-refractivity contribution in [2.24, 2.45) is 0 Å². The first kappa shape index (κ1) is 11.9. The van der Waals surface area contributed by atoms with Gasteiger partial charge in [0.15, 0.2) is 0 Å². The van der Waals surface area contributed by atoms with E-state index < -0.39 is 6.10 Å². The third kappa shape index (κ3) is 2.67. The van der Waals surface area contributed by atoms with Gasteiger partial charge >= 0.3 is 0 Å². The average Bonchev–Trinajstić information content (AvgIpc) is 2.23. The molecule has 0 aliphatic rings. The van der Waals surface area contributed by atoms with Crippen molar-refractivity contribution < 1.29 is 9.84 Å². The molecule has 3 N–H and O–H groups in total. The first-order valence-corrected chi connectivity index (χ1v) is 5.03. The summed E-state index contributed by atoms with van der Waals surface area (Å²) in [5.74, 6) is 0.364. The van der Waals surface area contributed by atoms with Gasteiger partial charge in [0.1, 0.15) is 11.9 Å². The Labute approximate surface area is 90.1 Å². The van der Waals surface area contributed by atoms with Crippen LogP contribution in [-0.2, 0) is 4.74 Å². The zero-order valence-corrected chi connectivity index (χ0v) is 9.40. The van der Waals surface area contributed by atoms with Gasteiger partial charge in [0, 0.05) is 18.9 Å². The predicted octanol–water partition coefficient (Wildman–Crippen LogP) is 1.43. The maximum Gasteiger partial charge on any atom is 0.129 e. The molecule has 4 nitrogen and oxygen atoms in total. The molecule has 0 saturated heterocycles. The van der Waals surface area contributed by atoms with Crippen molar-refractivity contribution in [3.8, 4) is 0 Å². The van der Waals surface area contributed by atoms with Crippen molar-refractivity contribution >= 4 is 5.82 Å². The van der Waals surface area contributed by atoms with Gasteiger partial charge in [-0.3, -0.25) is 0 Å². The molecule has 0 fully saturated rings. The molecule has 0 radical (unpaired) electrons. The lowest BCUT2D eigenvalue weighted by Crippen LogP contribution is -2.21. The molecule has 0 amide bonds. The molecule has 84 valence electrons. The Morgan fingerprint density at radius 3 is 2.80 bits per heavy atom. The van der Waals surface area contributed by atoms with E-state index in [0.29, 0.717) is 11.4 Å². The van der Waals surface area contributed by atoms with E-state index >= 15 is 0 Å². The van der Waals surface area contributed by atoms with Crippen molar-refractivity contribution in [2.45, 2.75) is 32.5 Å². The highest BCUT2D eigenvalue weighted by Crippen LogP contribution is 2.25. The van der Waals surface area contributed by atoms with Gasteiger partial charge in [-0.1, -0.05) is 6.92 Å². The Kier molecular flexibility index (Phi) is 4.05. The van der Waals surface area contributed by atoms with Crippen molar-refractivity contribution in [3.05, 3.63) is 23.4 Å². The van der Waals surface area contributed by atoms with E-state index in [2.05, 4.69) is 4.98 Å². The maximum atomic E-state index is 10.0. The van der Waals surface area contributed by atoms with Crippen LogP contribution in [0.15, 0.2) is 12.3 Å². The lowest BCUT2D eigenvalue weighted by molar-refractivity contribution is -0.0146. The number of nitrogens with two attached hydrogens (primary N) is 1. The van der Waals surface area contributed by atoms with Gasteiger partial charge in [-0.25, -0.2) is 4.98 Å². The van der Waals surface area contributed by atoms with Crippen LogP contribution >= 0.6 is 0 Å². The van der Waals surface area contributed by atoms with E-state index in [1.807, 2.05) is 19.9 Å². The van der Waals surface area contributed by atoms with Crippen LogP contribution in [-0.4, -0.2) is 23.3 Å². The van der Waals surface area contributed by atoms with Gasteiger partial charge in [-0.15, -0.1) is 0 Å². The smallest absolute Gasteiger partial charge is 0.129 e. The first-order valence-electron chi connectivity index (χ1n) is 5.03. The largest absolute Gasteiger partial charge is 0.386 e. The van der Waals surface area contributed by atoms with Crippen molar-refractivity contribution in [1.82, 2.24) is 4.98 Å². The summed E-state index contributed by atoms with van der Waals surface area (Å²) in [4.78, 5) is 4.01. The zero-order valence-electron chi connectivity index (χ0n) is 9.40. The highest BCUT2D eigenvalue weighted by atomic mass is 16.5. The van der Waals surface area contributed by atoms with Crippen LogP contribution in [0.2, 0.25) is 0 Å². The van der Waals surface area contributed by atoms with E-state index in [4.69, 9.17) is 10.5 Å². The molecule has 2 atom stereocenters. The molecular weight excluding hydrogens is 192 g/mol. The number of hydrogen-bond acceptors (Lipinski definition) is 4. The van der Waals surface area contributed by atoms with Gasteiger partial charge < -0.3 is 15.6 Å². The van der Waals surface area contributed by atoms with Crippen molar-refractivity contribution in [2.75, 3.05) is 12.8 Å². The van der Waals surface area contributed by atoms with E-state index in [0.717, 1.165) is 12.0 Å². The molecule has 0 spiro atoms. The van der Waals surface area contributed by atoms with E-state index in [1.54, 1.807) is 13.3 Å². The van der Waals surface area contributed by atoms with Gasteiger partial charge in [0.2, 0.25) is 0 Å². The number of methoxy groups -OCH3 is 1. The summed E-state index contributed by atoms with van der Waals surface area (Å²) in [6, 6.07) is 1.84. The minimum absolute atomic E-state index is 0.240. The normalized spacial score (nSPS) is 14.9. The molecule has 4 heteroatoms. The topological polar surface area (TPSA) is 68.4 Å². The fourth-order valence-electron chi connectivity index (χ4n) is 1.56. The molecular formula is C11H18N2O2. The summed E-state index contributed by atoms with van der Waals surface area (Å²) < 4.78 is 5.18. The number of nitrogen functional groups attached to an aromatic ring is 1. The van der Waals surface area contributed by atoms with E-state index in [9.17, 15) is 5.11 Å². The Morgan fingerprint density at radius 1 is 1.60 bits per heavy atom. The van der Waals surface area contributed by atoms with Crippen LogP contribution in [0.5, 0.6) is 0 Å².